The smallest absolute Gasteiger partial charge is 0.269 e. The molecule has 3 nitrogen and oxygen atoms in total. The topological polar surface area (TPSA) is 42.0 Å². The van der Waals surface area contributed by atoms with Crippen molar-refractivity contribution in [1.29, 1.82) is 0 Å². The van der Waals surface area contributed by atoms with E-state index in [-0.39, 0.29) is 5.91 Å². The number of carbonyl (C=O) groups excluding carboxylic acids is 1. The molecule has 0 unspecified atom stereocenters. The van der Waals surface area contributed by atoms with Gasteiger partial charge in [0.15, 0.2) is 0 Å². The Hall–Kier alpha value is -2.39. The Labute approximate surface area is 127 Å². The van der Waals surface area contributed by atoms with Crippen LogP contribution in [0.2, 0.25) is 5.02 Å². The summed E-state index contributed by atoms with van der Waals surface area (Å²) < 4.78 is 0. The number of aromatic nitrogens is 1. The fraction of sp³-hybridized carbons (Fsp3) is 0.0588. The molecule has 1 amide bonds. The summed E-state index contributed by atoms with van der Waals surface area (Å²) in [4.78, 5) is 16.3. The number of hydrogen-bond donors (Lipinski definition) is 1. The molecule has 0 saturated heterocycles. The molecule has 0 bridgehead atoms. The lowest BCUT2D eigenvalue weighted by Crippen LogP contribution is -2.19. The molecule has 0 spiro atoms. The van der Waals surface area contributed by atoms with E-state index in [4.69, 9.17) is 11.6 Å². The van der Waals surface area contributed by atoms with Crippen LogP contribution < -0.4 is 5.32 Å². The zero-order valence-electron chi connectivity index (χ0n) is 11.4. The van der Waals surface area contributed by atoms with E-state index in [2.05, 4.69) is 10.3 Å². The van der Waals surface area contributed by atoms with Gasteiger partial charge in [-0.25, -0.2) is 4.98 Å². The van der Waals surface area contributed by atoms with E-state index in [1.807, 2.05) is 42.5 Å². The molecule has 0 fully saturated rings. The lowest BCUT2D eigenvalue weighted by molar-refractivity contribution is 0.0958. The predicted molar refractivity (Wildman–Crippen MR) is 85.6 cm³/mol. The SMILES string of the molecule is CNC(=O)c1cc(-c2ccccc2)c2cccc(Cl)c2n1. The molecule has 1 heterocycles. The van der Waals surface area contributed by atoms with Gasteiger partial charge in [0.05, 0.1) is 10.5 Å². The molecule has 0 saturated carbocycles. The molecule has 21 heavy (non-hydrogen) atoms. The highest BCUT2D eigenvalue weighted by molar-refractivity contribution is 6.35. The normalized spacial score (nSPS) is 10.6. The average molecular weight is 297 g/mol. The van der Waals surface area contributed by atoms with Gasteiger partial charge in [-0.2, -0.15) is 0 Å². The monoisotopic (exact) mass is 296 g/mol. The van der Waals surface area contributed by atoms with E-state index in [0.29, 0.717) is 16.2 Å². The van der Waals surface area contributed by atoms with Crippen LogP contribution in [0.4, 0.5) is 0 Å². The zero-order chi connectivity index (χ0) is 14.8. The van der Waals surface area contributed by atoms with Crippen LogP contribution in [0.15, 0.2) is 54.6 Å². The van der Waals surface area contributed by atoms with Crippen molar-refractivity contribution < 1.29 is 4.79 Å². The van der Waals surface area contributed by atoms with Crippen LogP contribution >= 0.6 is 11.6 Å². The Morgan fingerprint density at radius 2 is 1.86 bits per heavy atom. The highest BCUT2D eigenvalue weighted by Crippen LogP contribution is 2.31. The predicted octanol–water partition coefficient (Wildman–Crippen LogP) is 3.91. The van der Waals surface area contributed by atoms with Crippen LogP contribution in [-0.2, 0) is 0 Å². The summed E-state index contributed by atoms with van der Waals surface area (Å²) in [6.07, 6.45) is 0. The minimum Gasteiger partial charge on any atom is -0.354 e. The number of pyridine rings is 1. The van der Waals surface area contributed by atoms with Crippen molar-refractivity contribution >= 4 is 28.4 Å². The van der Waals surface area contributed by atoms with Crippen LogP contribution in [0.1, 0.15) is 10.5 Å². The Kier molecular flexibility index (Phi) is 3.59. The number of amides is 1. The molecular weight excluding hydrogens is 284 g/mol. The lowest BCUT2D eigenvalue weighted by atomic mass is 10.00. The van der Waals surface area contributed by atoms with E-state index < -0.39 is 0 Å². The zero-order valence-corrected chi connectivity index (χ0v) is 12.2. The number of rotatable bonds is 2. The van der Waals surface area contributed by atoms with Gasteiger partial charge >= 0.3 is 0 Å². The first-order valence-corrected chi connectivity index (χ1v) is 6.95. The van der Waals surface area contributed by atoms with E-state index >= 15 is 0 Å². The number of halogens is 1. The molecule has 1 N–H and O–H groups in total. The van der Waals surface area contributed by atoms with Gasteiger partial charge in [0, 0.05) is 12.4 Å². The molecule has 2 aromatic carbocycles. The lowest BCUT2D eigenvalue weighted by Gasteiger charge is -2.10. The van der Waals surface area contributed by atoms with Crippen LogP contribution in [0.25, 0.3) is 22.0 Å². The summed E-state index contributed by atoms with van der Waals surface area (Å²) in [6, 6.07) is 17.3. The second-order valence-electron chi connectivity index (χ2n) is 4.64. The van der Waals surface area contributed by atoms with E-state index in [0.717, 1.165) is 16.5 Å². The van der Waals surface area contributed by atoms with Crippen LogP contribution in [0.5, 0.6) is 0 Å². The van der Waals surface area contributed by atoms with Gasteiger partial charge in [0.1, 0.15) is 5.69 Å². The third-order valence-corrected chi connectivity index (χ3v) is 3.64. The first-order chi connectivity index (χ1) is 10.2. The van der Waals surface area contributed by atoms with Crippen LogP contribution in [0.3, 0.4) is 0 Å². The number of fused-ring (bicyclic) bond motifs is 1. The Balaban J connectivity index is 2.36. The second kappa shape index (κ2) is 5.54. The highest BCUT2D eigenvalue weighted by atomic mass is 35.5. The van der Waals surface area contributed by atoms with Crippen molar-refractivity contribution in [3.05, 3.63) is 65.3 Å². The summed E-state index contributed by atoms with van der Waals surface area (Å²) in [5.41, 5.74) is 2.97. The molecule has 104 valence electrons. The summed E-state index contributed by atoms with van der Waals surface area (Å²) in [5, 5.41) is 4.07. The van der Waals surface area contributed by atoms with Gasteiger partial charge in [-0.1, -0.05) is 54.1 Å². The number of hydrogen-bond acceptors (Lipinski definition) is 2. The number of carbonyl (C=O) groups is 1. The maximum atomic E-state index is 11.9. The van der Waals surface area contributed by atoms with Crippen molar-refractivity contribution in [2.45, 2.75) is 0 Å². The third kappa shape index (κ3) is 2.48. The first kappa shape index (κ1) is 13.6. The van der Waals surface area contributed by atoms with Gasteiger partial charge in [0.2, 0.25) is 0 Å². The minimum absolute atomic E-state index is 0.228. The van der Waals surface area contributed by atoms with E-state index in [1.54, 1.807) is 19.2 Å². The molecule has 3 aromatic rings. The molecule has 1 aromatic heterocycles. The summed E-state index contributed by atoms with van der Waals surface area (Å²) in [5.74, 6) is -0.228. The number of benzene rings is 2. The fourth-order valence-corrected chi connectivity index (χ4v) is 2.53. The van der Waals surface area contributed by atoms with Gasteiger partial charge in [-0.3, -0.25) is 4.79 Å². The minimum atomic E-state index is -0.228. The number of nitrogens with zero attached hydrogens (tertiary/aromatic N) is 1. The van der Waals surface area contributed by atoms with E-state index in [9.17, 15) is 4.79 Å². The summed E-state index contributed by atoms with van der Waals surface area (Å²) in [6.45, 7) is 0. The summed E-state index contributed by atoms with van der Waals surface area (Å²) >= 11 is 6.24. The largest absolute Gasteiger partial charge is 0.354 e. The molecule has 4 heteroatoms. The molecule has 0 atom stereocenters. The second-order valence-corrected chi connectivity index (χ2v) is 5.04. The van der Waals surface area contributed by atoms with Crippen LogP contribution in [0, 0.1) is 0 Å². The van der Waals surface area contributed by atoms with Crippen molar-refractivity contribution in [2.75, 3.05) is 7.05 Å². The molecule has 0 aliphatic heterocycles. The summed E-state index contributed by atoms with van der Waals surface area (Å²) in [7, 11) is 1.59. The van der Waals surface area contributed by atoms with Crippen LogP contribution in [-0.4, -0.2) is 17.9 Å². The highest BCUT2D eigenvalue weighted by Gasteiger charge is 2.13. The molecule has 3 rings (SSSR count). The Morgan fingerprint density at radius 1 is 1.10 bits per heavy atom. The molecule has 0 radical (unpaired) electrons. The van der Waals surface area contributed by atoms with Crippen molar-refractivity contribution in [3.8, 4) is 11.1 Å². The van der Waals surface area contributed by atoms with E-state index in [1.165, 1.54) is 0 Å². The molecule has 0 aliphatic carbocycles. The number of nitrogens with one attached hydrogen (secondary N) is 1. The standard InChI is InChI=1S/C17H13ClN2O/c1-19-17(21)15-10-13(11-6-3-2-4-7-11)12-8-5-9-14(18)16(12)20-15/h2-10H,1H3,(H,19,21). The molecular formula is C17H13ClN2O. The first-order valence-electron chi connectivity index (χ1n) is 6.57. The number of para-hydroxylation sites is 1. The van der Waals surface area contributed by atoms with Crippen molar-refractivity contribution in [3.63, 3.8) is 0 Å². The maximum absolute atomic E-state index is 11.9. The maximum Gasteiger partial charge on any atom is 0.269 e. The third-order valence-electron chi connectivity index (χ3n) is 3.33. The van der Waals surface area contributed by atoms with Gasteiger partial charge in [0.25, 0.3) is 5.91 Å². The van der Waals surface area contributed by atoms with Gasteiger partial charge in [-0.05, 0) is 23.3 Å². The molecule has 0 aliphatic rings. The van der Waals surface area contributed by atoms with Crippen molar-refractivity contribution in [1.82, 2.24) is 10.3 Å². The average Bonchev–Trinajstić information content (AvgIpc) is 2.54. The van der Waals surface area contributed by atoms with Gasteiger partial charge < -0.3 is 5.32 Å². The quantitative estimate of drug-likeness (QED) is 0.779. The fourth-order valence-electron chi connectivity index (χ4n) is 2.31. The van der Waals surface area contributed by atoms with Crippen molar-refractivity contribution in [2.24, 2.45) is 0 Å². The van der Waals surface area contributed by atoms with Gasteiger partial charge in [-0.15, -0.1) is 0 Å². The Bertz CT molecular complexity index is 816. The Morgan fingerprint density at radius 3 is 2.57 bits per heavy atom.